The Bertz CT molecular complexity index is 2120. The maximum absolute atomic E-state index is 6.23. The number of hydrogen-bond acceptors (Lipinski definition) is 4. The van der Waals surface area contributed by atoms with E-state index in [1.165, 1.54) is 31.3 Å². The molecule has 8 rings (SSSR count). The lowest BCUT2D eigenvalue weighted by atomic mass is 10.0. The second kappa shape index (κ2) is 9.30. The van der Waals surface area contributed by atoms with Crippen LogP contribution >= 0.6 is 11.3 Å². The van der Waals surface area contributed by atoms with Gasteiger partial charge in [-0.3, -0.25) is 0 Å². The number of para-hydroxylation sites is 1. The standard InChI is InChI=1S/C36H22N2OS/c1-2-9-23(10-3-1)24-17-19-25(20-18-24)30-22-31(38-36(37-30)33-21-26-11-4-6-15-32(26)39-33)29-14-8-13-28-27-12-5-7-16-34(27)40-35(28)29/h1-22H. The van der Waals surface area contributed by atoms with Crippen molar-refractivity contribution in [2.24, 2.45) is 0 Å². The van der Waals surface area contributed by atoms with Crippen LogP contribution in [0.4, 0.5) is 0 Å². The Labute approximate surface area is 235 Å². The van der Waals surface area contributed by atoms with Crippen LogP contribution in [0.5, 0.6) is 0 Å². The van der Waals surface area contributed by atoms with Crippen molar-refractivity contribution in [1.82, 2.24) is 9.97 Å². The molecule has 0 radical (unpaired) electrons. The Balaban J connectivity index is 1.33. The number of fused-ring (bicyclic) bond motifs is 4. The van der Waals surface area contributed by atoms with Crippen molar-refractivity contribution in [3.63, 3.8) is 0 Å². The maximum Gasteiger partial charge on any atom is 0.196 e. The second-order valence-electron chi connectivity index (χ2n) is 9.83. The van der Waals surface area contributed by atoms with Crippen molar-refractivity contribution in [3.8, 4) is 45.2 Å². The quantitative estimate of drug-likeness (QED) is 0.227. The third kappa shape index (κ3) is 3.89. The molecule has 0 saturated heterocycles. The van der Waals surface area contributed by atoms with E-state index in [4.69, 9.17) is 14.4 Å². The van der Waals surface area contributed by atoms with Crippen LogP contribution in [0.25, 0.3) is 76.4 Å². The van der Waals surface area contributed by atoms with Gasteiger partial charge in [-0.2, -0.15) is 0 Å². The van der Waals surface area contributed by atoms with Crippen LogP contribution in [-0.4, -0.2) is 9.97 Å². The van der Waals surface area contributed by atoms with Crippen LogP contribution in [0, 0.1) is 0 Å². The lowest BCUT2D eigenvalue weighted by Gasteiger charge is -2.10. The summed E-state index contributed by atoms with van der Waals surface area (Å²) in [6.07, 6.45) is 0. The molecule has 0 unspecified atom stereocenters. The minimum atomic E-state index is 0.578. The van der Waals surface area contributed by atoms with Crippen molar-refractivity contribution in [3.05, 3.63) is 133 Å². The predicted molar refractivity (Wildman–Crippen MR) is 166 cm³/mol. The zero-order valence-corrected chi connectivity index (χ0v) is 22.2. The van der Waals surface area contributed by atoms with Gasteiger partial charge in [0.2, 0.25) is 0 Å². The summed E-state index contributed by atoms with van der Waals surface area (Å²) < 4.78 is 8.72. The van der Waals surface area contributed by atoms with Crippen molar-refractivity contribution in [2.45, 2.75) is 0 Å². The molecule has 4 heteroatoms. The number of thiophene rings is 1. The van der Waals surface area contributed by atoms with Gasteiger partial charge in [-0.15, -0.1) is 11.3 Å². The first-order valence-electron chi connectivity index (χ1n) is 13.2. The van der Waals surface area contributed by atoms with E-state index in [9.17, 15) is 0 Å². The molecule has 3 aromatic heterocycles. The van der Waals surface area contributed by atoms with Gasteiger partial charge in [0.1, 0.15) is 5.58 Å². The molecule has 0 atom stereocenters. The molecular formula is C36H22N2OS. The van der Waals surface area contributed by atoms with E-state index in [-0.39, 0.29) is 0 Å². The van der Waals surface area contributed by atoms with Crippen molar-refractivity contribution in [2.75, 3.05) is 0 Å². The van der Waals surface area contributed by atoms with Crippen molar-refractivity contribution in [1.29, 1.82) is 0 Å². The van der Waals surface area contributed by atoms with Crippen LogP contribution in [0.15, 0.2) is 138 Å². The highest BCUT2D eigenvalue weighted by molar-refractivity contribution is 7.26. The van der Waals surface area contributed by atoms with Crippen LogP contribution in [-0.2, 0) is 0 Å². The van der Waals surface area contributed by atoms with Gasteiger partial charge in [0.15, 0.2) is 11.6 Å². The third-order valence-corrected chi connectivity index (χ3v) is 8.56. The molecule has 3 nitrogen and oxygen atoms in total. The van der Waals surface area contributed by atoms with Gasteiger partial charge in [-0.1, -0.05) is 109 Å². The number of aromatic nitrogens is 2. The SMILES string of the molecule is c1ccc(-c2ccc(-c3cc(-c4cccc5c4sc4ccccc45)nc(-c4cc5ccccc5o4)n3)cc2)cc1. The molecule has 0 bridgehead atoms. The van der Waals surface area contributed by atoms with Gasteiger partial charge in [0, 0.05) is 36.7 Å². The van der Waals surface area contributed by atoms with E-state index in [2.05, 4.69) is 97.1 Å². The molecular weight excluding hydrogens is 508 g/mol. The number of benzene rings is 5. The van der Waals surface area contributed by atoms with E-state index in [1.54, 1.807) is 11.3 Å². The molecule has 0 aliphatic rings. The summed E-state index contributed by atoms with van der Waals surface area (Å²) in [7, 11) is 0. The number of furan rings is 1. The maximum atomic E-state index is 6.23. The normalized spacial score (nSPS) is 11.5. The molecule has 188 valence electrons. The van der Waals surface area contributed by atoms with E-state index >= 15 is 0 Å². The third-order valence-electron chi connectivity index (χ3n) is 7.34. The highest BCUT2D eigenvalue weighted by atomic mass is 32.1. The van der Waals surface area contributed by atoms with E-state index < -0.39 is 0 Å². The lowest BCUT2D eigenvalue weighted by molar-refractivity contribution is 0.625. The molecule has 0 saturated carbocycles. The van der Waals surface area contributed by atoms with E-state index in [1.807, 2.05) is 36.4 Å². The number of nitrogens with zero attached hydrogens (tertiary/aromatic N) is 2. The average Bonchev–Trinajstić information content (AvgIpc) is 3.63. The summed E-state index contributed by atoms with van der Waals surface area (Å²) in [5.41, 5.74) is 7.06. The summed E-state index contributed by atoms with van der Waals surface area (Å²) >= 11 is 1.81. The zero-order valence-electron chi connectivity index (χ0n) is 21.4. The molecule has 0 aliphatic heterocycles. The molecule has 0 amide bonds. The molecule has 3 heterocycles. The average molecular weight is 531 g/mol. The van der Waals surface area contributed by atoms with Gasteiger partial charge in [-0.25, -0.2) is 9.97 Å². The van der Waals surface area contributed by atoms with Crippen molar-refractivity contribution < 1.29 is 4.42 Å². The molecule has 0 fully saturated rings. The Morgan fingerprint density at radius 1 is 0.525 bits per heavy atom. The molecule has 0 aliphatic carbocycles. The first kappa shape index (κ1) is 22.9. The van der Waals surface area contributed by atoms with Crippen LogP contribution in [0.2, 0.25) is 0 Å². The fraction of sp³-hybridized carbons (Fsp3) is 0. The molecule has 5 aromatic carbocycles. The van der Waals surface area contributed by atoms with Gasteiger partial charge in [0.05, 0.1) is 11.4 Å². The molecule has 40 heavy (non-hydrogen) atoms. The Morgan fingerprint density at radius 2 is 1.23 bits per heavy atom. The van der Waals surface area contributed by atoms with Crippen LogP contribution in [0.1, 0.15) is 0 Å². The highest BCUT2D eigenvalue weighted by Crippen LogP contribution is 2.40. The van der Waals surface area contributed by atoms with E-state index in [0.29, 0.717) is 11.6 Å². The minimum Gasteiger partial charge on any atom is -0.453 e. The summed E-state index contributed by atoms with van der Waals surface area (Å²) in [6, 6.07) is 46.2. The van der Waals surface area contributed by atoms with Crippen molar-refractivity contribution >= 4 is 42.5 Å². The minimum absolute atomic E-state index is 0.578. The predicted octanol–water partition coefficient (Wildman–Crippen LogP) is 10.3. The van der Waals surface area contributed by atoms with Crippen LogP contribution < -0.4 is 0 Å². The fourth-order valence-corrected chi connectivity index (χ4v) is 6.57. The first-order chi connectivity index (χ1) is 19.8. The summed E-state index contributed by atoms with van der Waals surface area (Å²) in [5, 5.41) is 3.55. The lowest BCUT2D eigenvalue weighted by Crippen LogP contribution is -1.95. The van der Waals surface area contributed by atoms with E-state index in [0.717, 1.165) is 33.5 Å². The first-order valence-corrected chi connectivity index (χ1v) is 14.1. The monoisotopic (exact) mass is 530 g/mol. The molecule has 0 N–H and O–H groups in total. The second-order valence-corrected chi connectivity index (χ2v) is 10.9. The summed E-state index contributed by atoms with van der Waals surface area (Å²) in [5.74, 6) is 1.24. The largest absolute Gasteiger partial charge is 0.453 e. The summed E-state index contributed by atoms with van der Waals surface area (Å²) in [6.45, 7) is 0. The highest BCUT2D eigenvalue weighted by Gasteiger charge is 2.17. The zero-order chi connectivity index (χ0) is 26.5. The molecule has 0 spiro atoms. The fourth-order valence-electron chi connectivity index (χ4n) is 5.35. The topological polar surface area (TPSA) is 38.9 Å². The summed E-state index contributed by atoms with van der Waals surface area (Å²) in [4.78, 5) is 10.1. The molecule has 8 aromatic rings. The Kier molecular flexibility index (Phi) is 5.32. The Morgan fingerprint density at radius 3 is 2.10 bits per heavy atom. The van der Waals surface area contributed by atoms with Gasteiger partial charge >= 0.3 is 0 Å². The van der Waals surface area contributed by atoms with Gasteiger partial charge < -0.3 is 4.42 Å². The number of hydrogen-bond donors (Lipinski definition) is 0. The Hall–Kier alpha value is -5.06. The van der Waals surface area contributed by atoms with Crippen LogP contribution in [0.3, 0.4) is 0 Å². The smallest absolute Gasteiger partial charge is 0.196 e. The van der Waals surface area contributed by atoms with Gasteiger partial charge in [0.25, 0.3) is 0 Å². The van der Waals surface area contributed by atoms with Gasteiger partial charge in [-0.05, 0) is 35.4 Å². The number of rotatable bonds is 4.